The molecule has 0 saturated heterocycles. The lowest BCUT2D eigenvalue weighted by atomic mass is 10.3. The van der Waals surface area contributed by atoms with E-state index in [1.54, 1.807) is 0 Å². The van der Waals surface area contributed by atoms with E-state index in [4.69, 9.17) is 9.85 Å². The highest BCUT2D eigenvalue weighted by Crippen LogP contribution is 2.05. The Morgan fingerprint density at radius 2 is 2.64 bits per heavy atom. The van der Waals surface area contributed by atoms with E-state index >= 15 is 0 Å². The van der Waals surface area contributed by atoms with Gasteiger partial charge in [-0.2, -0.15) is 0 Å². The molecule has 0 aliphatic carbocycles. The zero-order chi connectivity index (χ0) is 10.8. The summed E-state index contributed by atoms with van der Waals surface area (Å²) in [5.74, 6) is -0.887. The lowest BCUT2D eigenvalue weighted by molar-refractivity contribution is 0.0994. The molecule has 1 aromatic rings. The van der Waals surface area contributed by atoms with Crippen LogP contribution < -0.4 is 10.5 Å². The largest absolute Gasteiger partial charge is 0.481 e. The van der Waals surface area contributed by atoms with Crippen LogP contribution in [0.1, 0.15) is 14.6 Å². The number of aromatic nitrogens is 1. The molecule has 11 heavy (non-hydrogen) atoms. The summed E-state index contributed by atoms with van der Waals surface area (Å²) in [4.78, 5) is 14.3. The maximum absolute atomic E-state index is 10.7. The van der Waals surface area contributed by atoms with Crippen LogP contribution in [0, 0.1) is 0 Å². The lowest BCUT2D eigenvalue weighted by Gasteiger charge is -1.98. The van der Waals surface area contributed by atoms with Crippen LogP contribution in [0.15, 0.2) is 18.2 Å². The second-order valence-corrected chi connectivity index (χ2v) is 1.83. The molecule has 4 nitrogen and oxygen atoms in total. The van der Waals surface area contributed by atoms with E-state index in [-0.39, 0.29) is 11.6 Å². The average molecular weight is 155 g/mol. The molecule has 0 fully saturated rings. The number of pyridine rings is 1. The second kappa shape index (κ2) is 3.01. The van der Waals surface area contributed by atoms with Crippen molar-refractivity contribution >= 4 is 5.91 Å². The first-order valence-corrected chi connectivity index (χ1v) is 2.84. The second-order valence-electron chi connectivity index (χ2n) is 1.83. The Morgan fingerprint density at radius 3 is 3.27 bits per heavy atom. The molecule has 0 atom stereocenters. The SMILES string of the molecule is [2H]C([2H])([2H])Oc1cccc(C(N)=O)n1. The predicted molar refractivity (Wildman–Crippen MR) is 39.3 cm³/mol. The topological polar surface area (TPSA) is 65.2 Å². The van der Waals surface area contributed by atoms with Gasteiger partial charge in [0.05, 0.1) is 11.2 Å². The van der Waals surface area contributed by atoms with Crippen LogP contribution in [0.2, 0.25) is 0 Å². The summed E-state index contributed by atoms with van der Waals surface area (Å²) in [5, 5.41) is 0. The molecule has 0 unspecified atom stereocenters. The Kier molecular flexibility index (Phi) is 1.18. The van der Waals surface area contributed by atoms with Crippen LogP contribution in [0.4, 0.5) is 0 Å². The van der Waals surface area contributed by atoms with Crippen molar-refractivity contribution in [3.8, 4) is 5.88 Å². The molecule has 0 aliphatic heterocycles. The third-order valence-electron chi connectivity index (χ3n) is 1.08. The Bertz CT molecular complexity index is 351. The van der Waals surface area contributed by atoms with Gasteiger partial charge in [-0.1, -0.05) is 6.07 Å². The van der Waals surface area contributed by atoms with E-state index in [0.717, 1.165) is 0 Å². The highest BCUT2D eigenvalue weighted by atomic mass is 16.5. The molecule has 0 bridgehead atoms. The highest BCUT2D eigenvalue weighted by Gasteiger charge is 2.01. The Hall–Kier alpha value is -1.58. The summed E-state index contributed by atoms with van der Waals surface area (Å²) in [7, 11) is -2.58. The first kappa shape index (κ1) is 4.33. The maximum atomic E-state index is 10.7. The minimum absolute atomic E-state index is 0.0354. The van der Waals surface area contributed by atoms with Crippen LogP contribution >= 0.6 is 0 Å². The first-order chi connectivity index (χ1) is 6.38. The Balaban J connectivity index is 2.89. The summed E-state index contributed by atoms with van der Waals surface area (Å²) >= 11 is 0. The van der Waals surface area contributed by atoms with Crippen molar-refractivity contribution in [3.63, 3.8) is 0 Å². The van der Waals surface area contributed by atoms with Gasteiger partial charge in [0, 0.05) is 6.07 Å². The van der Waals surface area contributed by atoms with Gasteiger partial charge in [0.15, 0.2) is 0 Å². The number of methoxy groups -OCH3 is 1. The smallest absolute Gasteiger partial charge is 0.267 e. The number of amides is 1. The van der Waals surface area contributed by atoms with Gasteiger partial charge in [0.25, 0.3) is 5.91 Å². The summed E-state index contributed by atoms with van der Waals surface area (Å²) in [6.45, 7) is 0. The van der Waals surface area contributed by atoms with Crippen molar-refractivity contribution in [1.82, 2.24) is 4.98 Å². The number of primary amides is 1. The van der Waals surface area contributed by atoms with Gasteiger partial charge in [-0.25, -0.2) is 4.98 Å². The molecule has 1 amide bonds. The fraction of sp³-hybridized carbons (Fsp3) is 0.143. The van der Waals surface area contributed by atoms with Gasteiger partial charge in [0.2, 0.25) is 5.88 Å². The number of rotatable bonds is 2. The summed E-state index contributed by atoms with van der Waals surface area (Å²) in [6, 6.07) is 4.14. The number of nitrogens with zero attached hydrogens (tertiary/aromatic N) is 1. The molecule has 0 radical (unpaired) electrons. The molecule has 0 aliphatic rings. The van der Waals surface area contributed by atoms with Crippen molar-refractivity contribution < 1.29 is 13.6 Å². The van der Waals surface area contributed by atoms with Crippen LogP contribution in [-0.4, -0.2) is 17.9 Å². The fourth-order valence-electron chi connectivity index (χ4n) is 0.609. The molecule has 4 heteroatoms. The van der Waals surface area contributed by atoms with Gasteiger partial charge >= 0.3 is 0 Å². The average Bonchev–Trinajstić information content (AvgIpc) is 2.01. The van der Waals surface area contributed by atoms with Gasteiger partial charge in [-0.3, -0.25) is 4.79 Å². The maximum Gasteiger partial charge on any atom is 0.267 e. The molecule has 1 aromatic heterocycles. The summed E-state index contributed by atoms with van der Waals surface area (Å²) < 4.78 is 24.9. The zero-order valence-electron chi connectivity index (χ0n) is 8.57. The quantitative estimate of drug-likeness (QED) is 0.663. The molecule has 0 saturated carbocycles. The molecular formula is C7H8N2O2. The van der Waals surface area contributed by atoms with Gasteiger partial charge < -0.3 is 10.5 Å². The summed E-state index contributed by atoms with van der Waals surface area (Å²) in [6.07, 6.45) is 0. The number of nitrogens with two attached hydrogens (primary N) is 1. The Labute approximate surface area is 68.2 Å². The van der Waals surface area contributed by atoms with Crippen molar-refractivity contribution in [1.29, 1.82) is 0 Å². The molecule has 1 heterocycles. The molecule has 1 rings (SSSR count). The molecule has 58 valence electrons. The number of hydrogen-bond donors (Lipinski definition) is 1. The van der Waals surface area contributed by atoms with E-state index in [1.165, 1.54) is 18.2 Å². The van der Waals surface area contributed by atoms with Crippen molar-refractivity contribution in [2.45, 2.75) is 0 Å². The molecule has 2 N–H and O–H groups in total. The fourth-order valence-corrected chi connectivity index (χ4v) is 0.609. The van der Waals surface area contributed by atoms with Crippen LogP contribution in [0.5, 0.6) is 5.88 Å². The van der Waals surface area contributed by atoms with E-state index in [9.17, 15) is 4.79 Å². The van der Waals surface area contributed by atoms with Crippen LogP contribution in [0.25, 0.3) is 0 Å². The van der Waals surface area contributed by atoms with Gasteiger partial charge in [-0.15, -0.1) is 0 Å². The monoisotopic (exact) mass is 155 g/mol. The first-order valence-electron chi connectivity index (χ1n) is 4.34. The van der Waals surface area contributed by atoms with E-state index in [2.05, 4.69) is 9.72 Å². The van der Waals surface area contributed by atoms with E-state index < -0.39 is 12.9 Å². The van der Waals surface area contributed by atoms with Crippen LogP contribution in [0.3, 0.4) is 0 Å². The third-order valence-corrected chi connectivity index (χ3v) is 1.08. The molecular weight excluding hydrogens is 144 g/mol. The third kappa shape index (κ3) is 1.67. The highest BCUT2D eigenvalue weighted by molar-refractivity contribution is 5.90. The molecule has 0 spiro atoms. The Morgan fingerprint density at radius 1 is 1.82 bits per heavy atom. The van der Waals surface area contributed by atoms with E-state index in [1.807, 2.05) is 0 Å². The number of carbonyl (C=O) groups is 1. The van der Waals surface area contributed by atoms with Gasteiger partial charge in [0.1, 0.15) is 5.69 Å². The normalized spacial score (nSPS) is 14.4. The van der Waals surface area contributed by atoms with Crippen LogP contribution in [-0.2, 0) is 0 Å². The number of ether oxygens (including phenoxy) is 1. The minimum Gasteiger partial charge on any atom is -0.481 e. The van der Waals surface area contributed by atoms with Crippen molar-refractivity contribution in [2.24, 2.45) is 5.73 Å². The van der Waals surface area contributed by atoms with E-state index in [0.29, 0.717) is 0 Å². The predicted octanol–water partition coefficient (Wildman–Crippen LogP) is 0.189. The zero-order valence-corrected chi connectivity index (χ0v) is 5.57. The van der Waals surface area contributed by atoms with Crippen molar-refractivity contribution in [3.05, 3.63) is 23.9 Å². The summed E-state index contributed by atoms with van der Waals surface area (Å²) in [5.41, 5.74) is 4.91. The molecule has 0 aromatic carbocycles. The lowest BCUT2D eigenvalue weighted by Crippen LogP contribution is -2.12. The minimum atomic E-state index is -2.58. The van der Waals surface area contributed by atoms with Crippen molar-refractivity contribution in [2.75, 3.05) is 7.04 Å². The van der Waals surface area contributed by atoms with Gasteiger partial charge in [-0.05, 0) is 6.07 Å². The number of hydrogen-bond acceptors (Lipinski definition) is 3. The number of carbonyl (C=O) groups excluding carboxylic acids is 1. The standard InChI is InChI=1S/C7H8N2O2/c1-11-6-4-2-3-5(9-6)7(8)10/h2-4H,1H3,(H2,8,10)/i1D3.